The minimum Gasteiger partial charge on any atom is -0.510 e. The van der Waals surface area contributed by atoms with Gasteiger partial charge in [0.05, 0.1) is 35.9 Å². The average Bonchev–Trinajstić information content (AvgIpc) is 2.57. The lowest BCUT2D eigenvalue weighted by atomic mass is 10.0. The molecule has 0 radical (unpaired) electrons. The first-order valence-electron chi connectivity index (χ1n) is 6.83. The van der Waals surface area contributed by atoms with Crippen molar-refractivity contribution >= 4 is 34.6 Å². The number of aliphatic hydroxyl groups excluding tert-OH is 1. The standard InChI is InChI=1S/C15H11ClN2O6/c1-23-15(20)24-12-6-11(19)13(16)14-9(12)5-7-4-8(18(21)22)2-3-10(7)17-14/h2-3,5,19H,4,6H2,1H3. The number of hydrogen-bond donors (Lipinski definition) is 1. The van der Waals surface area contributed by atoms with Gasteiger partial charge in [-0.05, 0) is 17.7 Å². The first kappa shape index (κ1) is 16.0. The van der Waals surface area contributed by atoms with Crippen LogP contribution >= 0.6 is 11.6 Å². The summed E-state index contributed by atoms with van der Waals surface area (Å²) in [6.07, 6.45) is 1.91. The molecular weight excluding hydrogens is 340 g/mol. The number of nitro groups is 1. The van der Waals surface area contributed by atoms with Gasteiger partial charge in [0, 0.05) is 11.3 Å². The molecule has 3 rings (SSSR count). The molecule has 9 heteroatoms. The van der Waals surface area contributed by atoms with E-state index in [0.29, 0.717) is 16.1 Å². The van der Waals surface area contributed by atoms with Crippen LogP contribution in [0.5, 0.6) is 0 Å². The van der Waals surface area contributed by atoms with Crippen LogP contribution in [0.1, 0.15) is 17.7 Å². The SMILES string of the molecule is COC(=O)OC1=c2cc3c(nc2C(Cl)=C(O)C1)=CC=C([N+](=O)[O-])C3. The van der Waals surface area contributed by atoms with Crippen LogP contribution in [0, 0.1) is 10.1 Å². The van der Waals surface area contributed by atoms with Gasteiger partial charge in [-0.15, -0.1) is 0 Å². The van der Waals surface area contributed by atoms with E-state index in [4.69, 9.17) is 16.3 Å². The number of fused-ring (bicyclic) bond motifs is 2. The number of allylic oxidation sites excluding steroid dienone is 2. The van der Waals surface area contributed by atoms with E-state index in [1.165, 1.54) is 12.2 Å². The Kier molecular flexibility index (Phi) is 3.98. The molecule has 0 aliphatic heterocycles. The summed E-state index contributed by atoms with van der Waals surface area (Å²) >= 11 is 6.10. The van der Waals surface area contributed by atoms with E-state index in [0.717, 1.165) is 7.11 Å². The Labute approximate surface area is 140 Å². The zero-order valence-electron chi connectivity index (χ0n) is 12.4. The molecule has 0 saturated carbocycles. The molecule has 0 fully saturated rings. The van der Waals surface area contributed by atoms with Crippen molar-refractivity contribution in [3.8, 4) is 0 Å². The van der Waals surface area contributed by atoms with Gasteiger partial charge in [-0.25, -0.2) is 9.78 Å². The Hall–Kier alpha value is -2.87. The highest BCUT2D eigenvalue weighted by atomic mass is 35.5. The summed E-state index contributed by atoms with van der Waals surface area (Å²) in [5.74, 6) is -0.0703. The number of rotatable bonds is 2. The number of aromatic nitrogens is 1. The van der Waals surface area contributed by atoms with Gasteiger partial charge in [0.25, 0.3) is 5.70 Å². The van der Waals surface area contributed by atoms with Crippen LogP contribution in [0.2, 0.25) is 0 Å². The summed E-state index contributed by atoms with van der Waals surface area (Å²) in [4.78, 5) is 26.2. The summed E-state index contributed by atoms with van der Waals surface area (Å²) in [7, 11) is 1.16. The van der Waals surface area contributed by atoms with Crippen molar-refractivity contribution in [2.45, 2.75) is 12.8 Å². The number of carbonyl (C=O) groups is 1. The predicted molar refractivity (Wildman–Crippen MR) is 83.7 cm³/mol. The molecule has 0 spiro atoms. The van der Waals surface area contributed by atoms with Crippen molar-refractivity contribution in [2.75, 3.05) is 7.11 Å². The molecule has 0 aromatic carbocycles. The van der Waals surface area contributed by atoms with E-state index in [-0.39, 0.29) is 40.8 Å². The molecule has 124 valence electrons. The minimum atomic E-state index is -0.947. The van der Waals surface area contributed by atoms with Crippen LogP contribution < -0.4 is 10.6 Å². The normalized spacial score (nSPS) is 15.8. The molecule has 24 heavy (non-hydrogen) atoms. The first-order chi connectivity index (χ1) is 11.4. The summed E-state index contributed by atoms with van der Waals surface area (Å²) in [5, 5.41) is 21.8. The van der Waals surface area contributed by atoms with E-state index >= 15 is 0 Å². The van der Waals surface area contributed by atoms with Crippen LogP contribution in [0.25, 0.3) is 16.9 Å². The third kappa shape index (κ3) is 2.71. The molecule has 0 bridgehead atoms. The van der Waals surface area contributed by atoms with Gasteiger partial charge in [0.2, 0.25) is 0 Å². The maximum absolute atomic E-state index is 11.4. The summed E-state index contributed by atoms with van der Waals surface area (Å²) < 4.78 is 9.51. The monoisotopic (exact) mass is 350 g/mol. The lowest BCUT2D eigenvalue weighted by molar-refractivity contribution is -0.427. The number of pyridine rings is 1. The minimum absolute atomic E-state index is 0.0278. The Morgan fingerprint density at radius 2 is 2.17 bits per heavy atom. The molecule has 8 nitrogen and oxygen atoms in total. The lowest BCUT2D eigenvalue weighted by Crippen LogP contribution is -2.30. The number of carbonyl (C=O) groups excluding carboxylic acids is 1. The third-order valence-corrected chi connectivity index (χ3v) is 4.03. The van der Waals surface area contributed by atoms with Gasteiger partial charge in [0.15, 0.2) is 0 Å². The maximum Gasteiger partial charge on any atom is 0.513 e. The van der Waals surface area contributed by atoms with Crippen molar-refractivity contribution in [3.63, 3.8) is 0 Å². The van der Waals surface area contributed by atoms with E-state index in [9.17, 15) is 20.0 Å². The highest BCUT2D eigenvalue weighted by molar-refractivity contribution is 6.49. The van der Waals surface area contributed by atoms with E-state index in [1.54, 1.807) is 6.07 Å². The molecule has 0 amide bonds. The fourth-order valence-corrected chi connectivity index (χ4v) is 2.70. The van der Waals surface area contributed by atoms with Gasteiger partial charge in [0.1, 0.15) is 16.6 Å². The number of halogens is 1. The summed E-state index contributed by atoms with van der Waals surface area (Å²) in [5.41, 5.74) is 0.868. The van der Waals surface area contributed by atoms with E-state index in [1.807, 2.05) is 0 Å². The second-order valence-electron chi connectivity index (χ2n) is 5.10. The molecule has 0 unspecified atom stereocenters. The average molecular weight is 351 g/mol. The van der Waals surface area contributed by atoms with Gasteiger partial charge in [-0.1, -0.05) is 11.6 Å². The fraction of sp³-hybridized carbons (Fsp3) is 0.200. The molecule has 1 heterocycles. The predicted octanol–water partition coefficient (Wildman–Crippen LogP) is 1.34. The molecule has 2 aliphatic rings. The third-order valence-electron chi connectivity index (χ3n) is 3.64. The van der Waals surface area contributed by atoms with Crippen LogP contribution in [0.15, 0.2) is 23.6 Å². The second-order valence-corrected chi connectivity index (χ2v) is 5.48. The molecular formula is C15H11ClN2O6. The van der Waals surface area contributed by atoms with E-state index in [2.05, 4.69) is 9.72 Å². The van der Waals surface area contributed by atoms with Crippen LogP contribution in [0.4, 0.5) is 4.79 Å². The van der Waals surface area contributed by atoms with Crippen molar-refractivity contribution in [1.29, 1.82) is 0 Å². The quantitative estimate of drug-likeness (QED) is 0.486. The van der Waals surface area contributed by atoms with Gasteiger partial charge >= 0.3 is 6.16 Å². The molecule has 1 aromatic rings. The highest BCUT2D eigenvalue weighted by Crippen LogP contribution is 2.27. The van der Waals surface area contributed by atoms with Crippen molar-refractivity contribution in [1.82, 2.24) is 4.98 Å². The smallest absolute Gasteiger partial charge is 0.510 e. The van der Waals surface area contributed by atoms with Crippen molar-refractivity contribution in [2.24, 2.45) is 0 Å². The highest BCUT2D eigenvalue weighted by Gasteiger charge is 2.25. The number of hydrogen-bond acceptors (Lipinski definition) is 7. The largest absolute Gasteiger partial charge is 0.513 e. The second kappa shape index (κ2) is 5.97. The number of ether oxygens (including phenoxy) is 2. The van der Waals surface area contributed by atoms with Crippen LogP contribution in [-0.2, 0) is 15.9 Å². The van der Waals surface area contributed by atoms with Crippen molar-refractivity contribution in [3.05, 3.63) is 55.5 Å². The maximum atomic E-state index is 11.4. The van der Waals surface area contributed by atoms with Gasteiger partial charge in [-0.2, -0.15) is 0 Å². The number of methoxy groups -OCH3 is 1. The molecule has 0 saturated heterocycles. The van der Waals surface area contributed by atoms with Crippen LogP contribution in [-0.4, -0.2) is 28.3 Å². The van der Waals surface area contributed by atoms with E-state index < -0.39 is 11.1 Å². The number of aliphatic hydroxyl groups is 1. The summed E-state index contributed by atoms with van der Waals surface area (Å²) in [6, 6.07) is 1.62. The summed E-state index contributed by atoms with van der Waals surface area (Å²) in [6.45, 7) is 0. The zero-order valence-corrected chi connectivity index (χ0v) is 13.2. The molecule has 1 aromatic heterocycles. The van der Waals surface area contributed by atoms with Gasteiger partial charge < -0.3 is 14.6 Å². The first-order valence-corrected chi connectivity index (χ1v) is 7.20. The topological polar surface area (TPSA) is 112 Å². The number of nitrogens with zero attached hydrogens (tertiary/aromatic N) is 2. The van der Waals surface area contributed by atoms with Crippen molar-refractivity contribution < 1.29 is 24.3 Å². The fourth-order valence-electron chi connectivity index (χ4n) is 2.48. The van der Waals surface area contributed by atoms with Crippen LogP contribution in [0.3, 0.4) is 0 Å². The Balaban J connectivity index is 2.22. The Morgan fingerprint density at radius 1 is 1.42 bits per heavy atom. The molecule has 0 atom stereocenters. The Morgan fingerprint density at radius 3 is 2.83 bits per heavy atom. The molecule has 2 aliphatic carbocycles. The zero-order chi connectivity index (χ0) is 17.4. The lowest BCUT2D eigenvalue weighted by Gasteiger charge is -2.17. The molecule has 1 N–H and O–H groups in total. The Bertz CT molecular complexity index is 947. The van der Waals surface area contributed by atoms with Gasteiger partial charge in [-0.3, -0.25) is 10.1 Å².